The van der Waals surface area contributed by atoms with Crippen molar-refractivity contribution in [3.63, 3.8) is 0 Å². The zero-order valence-corrected chi connectivity index (χ0v) is 10.1. The third-order valence-corrected chi connectivity index (χ3v) is 2.48. The van der Waals surface area contributed by atoms with E-state index in [4.69, 9.17) is 9.47 Å². The Hall–Kier alpha value is -1.29. The van der Waals surface area contributed by atoms with Gasteiger partial charge in [0.05, 0.1) is 14.2 Å². The average Bonchev–Trinajstić information content (AvgIpc) is 2.28. The highest BCUT2D eigenvalue weighted by Crippen LogP contribution is 2.32. The quantitative estimate of drug-likeness (QED) is 0.838. The predicted octanol–water partition coefficient (Wildman–Crippen LogP) is 2.51. The summed E-state index contributed by atoms with van der Waals surface area (Å²) in [7, 11) is 3.03. The molecule has 3 nitrogen and oxygen atoms in total. The maximum atomic E-state index is 13.8. The van der Waals surface area contributed by atoms with Gasteiger partial charge in [0.1, 0.15) is 5.82 Å². The molecule has 16 heavy (non-hydrogen) atoms. The van der Waals surface area contributed by atoms with Crippen molar-refractivity contribution in [3.8, 4) is 11.5 Å². The molecule has 0 aromatic heterocycles. The van der Waals surface area contributed by atoms with Crippen molar-refractivity contribution in [2.24, 2.45) is 0 Å². The number of benzene rings is 1. The first-order valence-corrected chi connectivity index (χ1v) is 5.28. The summed E-state index contributed by atoms with van der Waals surface area (Å²) in [6.45, 7) is 4.68. The molecule has 0 spiro atoms. The summed E-state index contributed by atoms with van der Waals surface area (Å²) in [5.41, 5.74) is 0.583. The maximum absolute atomic E-state index is 13.8. The van der Waals surface area contributed by atoms with E-state index in [0.29, 0.717) is 17.1 Å². The van der Waals surface area contributed by atoms with Crippen LogP contribution < -0.4 is 14.8 Å². The Bertz CT molecular complexity index is 355. The van der Waals surface area contributed by atoms with Crippen LogP contribution >= 0.6 is 0 Å². The standard InChI is InChI=1S/C12H18FNO2/c1-5-14-8(2)9-6-11(15-3)12(16-4)7-10(9)13/h6-8,14H,5H2,1-4H3. The van der Waals surface area contributed by atoms with E-state index in [0.717, 1.165) is 6.54 Å². The van der Waals surface area contributed by atoms with Crippen LogP contribution in [0.15, 0.2) is 12.1 Å². The van der Waals surface area contributed by atoms with Crippen molar-refractivity contribution in [1.82, 2.24) is 5.32 Å². The minimum atomic E-state index is -0.286. The van der Waals surface area contributed by atoms with E-state index in [1.807, 2.05) is 13.8 Å². The predicted molar refractivity (Wildman–Crippen MR) is 61.6 cm³/mol. The molecule has 0 radical (unpaired) electrons. The molecule has 1 aromatic rings. The Balaban J connectivity index is 3.10. The van der Waals surface area contributed by atoms with Crippen LogP contribution in [0.5, 0.6) is 11.5 Å². The van der Waals surface area contributed by atoms with Crippen LogP contribution in [0.4, 0.5) is 4.39 Å². The minimum Gasteiger partial charge on any atom is -0.493 e. The van der Waals surface area contributed by atoms with Gasteiger partial charge in [-0.2, -0.15) is 0 Å². The highest BCUT2D eigenvalue weighted by Gasteiger charge is 2.15. The molecule has 90 valence electrons. The second-order valence-corrected chi connectivity index (χ2v) is 3.51. The molecule has 0 heterocycles. The monoisotopic (exact) mass is 227 g/mol. The zero-order valence-electron chi connectivity index (χ0n) is 10.1. The van der Waals surface area contributed by atoms with Crippen molar-refractivity contribution < 1.29 is 13.9 Å². The number of rotatable bonds is 5. The van der Waals surface area contributed by atoms with Gasteiger partial charge in [0.25, 0.3) is 0 Å². The van der Waals surface area contributed by atoms with Crippen molar-refractivity contribution in [3.05, 3.63) is 23.5 Å². The van der Waals surface area contributed by atoms with E-state index in [2.05, 4.69) is 5.32 Å². The lowest BCUT2D eigenvalue weighted by Gasteiger charge is -2.16. The fraction of sp³-hybridized carbons (Fsp3) is 0.500. The van der Waals surface area contributed by atoms with Gasteiger partial charge >= 0.3 is 0 Å². The second kappa shape index (κ2) is 5.70. The van der Waals surface area contributed by atoms with E-state index in [-0.39, 0.29) is 11.9 Å². The molecule has 1 atom stereocenters. The third kappa shape index (κ3) is 2.64. The number of hydrogen-bond donors (Lipinski definition) is 1. The third-order valence-electron chi connectivity index (χ3n) is 2.48. The minimum absolute atomic E-state index is 0.0511. The SMILES string of the molecule is CCNC(C)c1cc(OC)c(OC)cc1F. The lowest BCUT2D eigenvalue weighted by molar-refractivity contribution is 0.350. The zero-order chi connectivity index (χ0) is 12.1. The molecule has 1 rings (SSSR count). The molecule has 1 aromatic carbocycles. The molecule has 0 bridgehead atoms. The first-order valence-electron chi connectivity index (χ1n) is 5.28. The number of nitrogens with one attached hydrogen (secondary N) is 1. The summed E-state index contributed by atoms with van der Waals surface area (Å²) in [5, 5.41) is 3.16. The lowest BCUT2D eigenvalue weighted by Crippen LogP contribution is -2.19. The van der Waals surface area contributed by atoms with Gasteiger partial charge in [-0.25, -0.2) is 4.39 Å². The van der Waals surface area contributed by atoms with Gasteiger partial charge in [0.15, 0.2) is 11.5 Å². The normalized spacial score (nSPS) is 12.3. The van der Waals surface area contributed by atoms with Gasteiger partial charge in [0, 0.05) is 17.7 Å². The number of hydrogen-bond acceptors (Lipinski definition) is 3. The first-order chi connectivity index (χ1) is 7.63. The molecular weight excluding hydrogens is 209 g/mol. The van der Waals surface area contributed by atoms with Gasteiger partial charge in [-0.3, -0.25) is 0 Å². The first kappa shape index (κ1) is 12.8. The molecule has 0 aliphatic carbocycles. The summed E-state index contributed by atoms with van der Waals surface area (Å²) < 4.78 is 23.9. The smallest absolute Gasteiger partial charge is 0.163 e. The highest BCUT2D eigenvalue weighted by molar-refractivity contribution is 5.44. The Morgan fingerprint density at radius 2 is 1.81 bits per heavy atom. The van der Waals surface area contributed by atoms with Crippen molar-refractivity contribution in [2.75, 3.05) is 20.8 Å². The average molecular weight is 227 g/mol. The van der Waals surface area contributed by atoms with Crippen LogP contribution in [0.3, 0.4) is 0 Å². The summed E-state index contributed by atoms with van der Waals surface area (Å²) >= 11 is 0. The Morgan fingerprint density at radius 1 is 1.25 bits per heavy atom. The van der Waals surface area contributed by atoms with Gasteiger partial charge in [-0.05, 0) is 19.5 Å². The van der Waals surface area contributed by atoms with Crippen LogP contribution in [0.1, 0.15) is 25.5 Å². The van der Waals surface area contributed by atoms with Gasteiger partial charge in [-0.1, -0.05) is 6.92 Å². The topological polar surface area (TPSA) is 30.5 Å². The van der Waals surface area contributed by atoms with Gasteiger partial charge < -0.3 is 14.8 Å². The summed E-state index contributed by atoms with van der Waals surface area (Å²) in [6, 6.07) is 2.97. The van der Waals surface area contributed by atoms with E-state index >= 15 is 0 Å². The molecule has 0 aliphatic heterocycles. The molecule has 4 heteroatoms. The second-order valence-electron chi connectivity index (χ2n) is 3.51. The van der Waals surface area contributed by atoms with Crippen LogP contribution in [-0.2, 0) is 0 Å². The molecule has 0 fully saturated rings. The van der Waals surface area contributed by atoms with E-state index in [1.165, 1.54) is 20.3 Å². The molecular formula is C12H18FNO2. The summed E-state index contributed by atoms with van der Waals surface area (Å²) in [6.07, 6.45) is 0. The van der Waals surface area contributed by atoms with Crippen LogP contribution in [-0.4, -0.2) is 20.8 Å². The molecule has 0 saturated heterocycles. The fourth-order valence-corrected chi connectivity index (χ4v) is 1.62. The number of methoxy groups -OCH3 is 2. The van der Waals surface area contributed by atoms with Crippen molar-refractivity contribution in [2.45, 2.75) is 19.9 Å². The van der Waals surface area contributed by atoms with E-state index < -0.39 is 0 Å². The summed E-state index contributed by atoms with van der Waals surface area (Å²) in [5.74, 6) is 0.669. The lowest BCUT2D eigenvalue weighted by atomic mass is 10.1. The molecule has 1 unspecified atom stereocenters. The van der Waals surface area contributed by atoms with Crippen LogP contribution in [0.25, 0.3) is 0 Å². The van der Waals surface area contributed by atoms with Crippen LogP contribution in [0.2, 0.25) is 0 Å². The number of halogens is 1. The Kier molecular flexibility index (Phi) is 4.55. The molecule has 0 saturated carbocycles. The summed E-state index contributed by atoms with van der Waals surface area (Å²) in [4.78, 5) is 0. The molecule has 0 amide bonds. The maximum Gasteiger partial charge on any atom is 0.163 e. The molecule has 0 aliphatic rings. The van der Waals surface area contributed by atoms with Crippen molar-refractivity contribution >= 4 is 0 Å². The highest BCUT2D eigenvalue weighted by atomic mass is 19.1. The van der Waals surface area contributed by atoms with E-state index in [1.54, 1.807) is 6.07 Å². The Labute approximate surface area is 95.6 Å². The van der Waals surface area contributed by atoms with Crippen molar-refractivity contribution in [1.29, 1.82) is 0 Å². The fourth-order valence-electron chi connectivity index (χ4n) is 1.62. The van der Waals surface area contributed by atoms with E-state index in [9.17, 15) is 4.39 Å². The molecule has 1 N–H and O–H groups in total. The van der Waals surface area contributed by atoms with Gasteiger partial charge in [0.2, 0.25) is 0 Å². The van der Waals surface area contributed by atoms with Crippen LogP contribution in [0, 0.1) is 5.82 Å². The van der Waals surface area contributed by atoms with Gasteiger partial charge in [-0.15, -0.1) is 0 Å². The largest absolute Gasteiger partial charge is 0.493 e. The Morgan fingerprint density at radius 3 is 2.31 bits per heavy atom. The number of ether oxygens (including phenoxy) is 2.